The summed E-state index contributed by atoms with van der Waals surface area (Å²) in [5.41, 5.74) is 0.974. The number of carboxylic acid groups (broad SMARTS) is 1. The molecule has 4 unspecified atom stereocenters. The quantitative estimate of drug-likeness (QED) is 0.0961. The number of allylic oxidation sites excluding steroid dienone is 2. The fourth-order valence-electron chi connectivity index (χ4n) is 12.2. The molecule has 2 heterocycles. The maximum atomic E-state index is 12.9. The van der Waals surface area contributed by atoms with Crippen LogP contribution in [0.4, 0.5) is 0 Å². The third-order valence-electron chi connectivity index (χ3n) is 15.0. The molecule has 6 rings (SSSR count). The van der Waals surface area contributed by atoms with Gasteiger partial charge in [-0.3, -0.25) is 4.79 Å². The van der Waals surface area contributed by atoms with Gasteiger partial charge in [0.05, 0.1) is 18.8 Å². The molecule has 0 amide bonds. The van der Waals surface area contributed by atoms with Gasteiger partial charge >= 0.3 is 11.9 Å². The van der Waals surface area contributed by atoms with Gasteiger partial charge < -0.3 is 59.4 Å². The highest BCUT2D eigenvalue weighted by Gasteiger charge is 2.71. The van der Waals surface area contributed by atoms with Crippen LogP contribution >= 0.6 is 0 Å². The molecule has 7 N–H and O–H groups in total. The Balaban J connectivity index is 1.18. The highest BCUT2D eigenvalue weighted by Crippen LogP contribution is 2.74. The minimum Gasteiger partial charge on any atom is -0.478 e. The summed E-state index contributed by atoms with van der Waals surface area (Å²) < 4.78 is 29.3. The van der Waals surface area contributed by atoms with Crippen LogP contribution in [0.1, 0.15) is 99.8 Å². The normalized spacial score (nSPS) is 48.3. The standard InChI is InChI=1S/C42H64O14/c1-20(2)9-8-10-23(37(49)50)32-25-17-26(45)36-40(5)15-14-27(21(3)24(40)13-16-41(36,6)42(25,7)18-29(32)52-22(4)44)53-31-12-11-28(38(51)56-31)54-39-35(48)34(47)33(46)30(19-43)55-39/h9,11-12,21,24-31,33-36,38-39,43,45-48,51H,8,10,13-19H2,1-7H3,(H,49,50)/b32-23-/t21-,24?,25-,26?,27+,28-,29-,30+,31-,33+,34-,35+,36?,38-,39?,40-,41-,42-/m0/s1. The first-order chi connectivity index (χ1) is 26.3. The second-order valence-electron chi connectivity index (χ2n) is 18.3. The van der Waals surface area contributed by atoms with Crippen molar-refractivity contribution in [2.24, 2.45) is 39.9 Å². The van der Waals surface area contributed by atoms with Crippen molar-refractivity contribution in [3.8, 4) is 0 Å². The lowest BCUT2D eigenvalue weighted by Gasteiger charge is -2.69. The Morgan fingerprint density at radius 3 is 2.27 bits per heavy atom. The van der Waals surface area contributed by atoms with Crippen LogP contribution in [0.15, 0.2) is 34.9 Å². The lowest BCUT2D eigenvalue weighted by atomic mass is 9.36. The lowest BCUT2D eigenvalue weighted by molar-refractivity contribution is -0.336. The summed E-state index contributed by atoms with van der Waals surface area (Å²) in [7, 11) is 0. The summed E-state index contributed by atoms with van der Waals surface area (Å²) in [5.74, 6) is -1.55. The molecular formula is C42H64O14. The summed E-state index contributed by atoms with van der Waals surface area (Å²) in [6, 6.07) is 0. The van der Waals surface area contributed by atoms with E-state index in [1.807, 2.05) is 19.9 Å². The van der Waals surface area contributed by atoms with E-state index in [1.54, 1.807) is 6.08 Å². The minimum atomic E-state index is -1.63. The molecule has 18 atom stereocenters. The number of fused-ring (bicyclic) bond motifs is 5. The predicted octanol–water partition coefficient (Wildman–Crippen LogP) is 3.11. The minimum absolute atomic E-state index is 0.0646. The van der Waals surface area contributed by atoms with Crippen molar-refractivity contribution in [2.75, 3.05) is 6.61 Å². The maximum absolute atomic E-state index is 12.9. The number of carbonyl (C=O) groups excluding carboxylic acids is 1. The van der Waals surface area contributed by atoms with E-state index in [0.717, 1.165) is 24.8 Å². The molecule has 4 saturated carbocycles. The van der Waals surface area contributed by atoms with Gasteiger partial charge in [0, 0.05) is 12.5 Å². The van der Waals surface area contributed by atoms with Crippen molar-refractivity contribution in [1.29, 1.82) is 0 Å². The number of carbonyl (C=O) groups is 2. The van der Waals surface area contributed by atoms with Gasteiger partial charge in [0.2, 0.25) is 0 Å². The van der Waals surface area contributed by atoms with Crippen molar-refractivity contribution < 1.29 is 69.0 Å². The Morgan fingerprint density at radius 1 is 0.929 bits per heavy atom. The van der Waals surface area contributed by atoms with E-state index in [0.29, 0.717) is 43.3 Å². The summed E-state index contributed by atoms with van der Waals surface area (Å²) in [6.45, 7) is 13.7. The zero-order valence-electron chi connectivity index (χ0n) is 33.7. The van der Waals surface area contributed by atoms with Crippen LogP contribution in [-0.4, -0.2) is 122 Å². The van der Waals surface area contributed by atoms with Crippen LogP contribution in [0, 0.1) is 39.9 Å². The molecule has 5 fully saturated rings. The molecule has 4 aliphatic carbocycles. The Kier molecular flexibility index (Phi) is 12.7. The van der Waals surface area contributed by atoms with Gasteiger partial charge in [0.1, 0.15) is 36.6 Å². The van der Waals surface area contributed by atoms with Crippen LogP contribution < -0.4 is 0 Å². The van der Waals surface area contributed by atoms with E-state index < -0.39 is 85.6 Å². The monoisotopic (exact) mass is 792 g/mol. The molecule has 0 radical (unpaired) electrons. The highest BCUT2D eigenvalue weighted by molar-refractivity contribution is 5.88. The van der Waals surface area contributed by atoms with Gasteiger partial charge in [-0.1, -0.05) is 39.3 Å². The topological polar surface area (TPSA) is 222 Å². The lowest BCUT2D eigenvalue weighted by Crippen LogP contribution is -2.65. The fourth-order valence-corrected chi connectivity index (χ4v) is 12.2. The van der Waals surface area contributed by atoms with Crippen LogP contribution in [0.3, 0.4) is 0 Å². The van der Waals surface area contributed by atoms with Gasteiger partial charge in [-0.2, -0.15) is 0 Å². The number of carboxylic acids is 1. The number of rotatable bonds is 10. The van der Waals surface area contributed by atoms with E-state index in [9.17, 15) is 45.3 Å². The number of aliphatic hydroxyl groups is 6. The Bertz CT molecular complexity index is 1550. The largest absolute Gasteiger partial charge is 0.478 e. The zero-order chi connectivity index (χ0) is 41.1. The first kappa shape index (κ1) is 43.3. The third-order valence-corrected chi connectivity index (χ3v) is 15.0. The summed E-state index contributed by atoms with van der Waals surface area (Å²) in [6.07, 6.45) is -2.42. The molecule has 0 aromatic rings. The van der Waals surface area contributed by atoms with Crippen molar-refractivity contribution in [2.45, 2.75) is 168 Å². The first-order valence-electron chi connectivity index (χ1n) is 20.4. The zero-order valence-corrected chi connectivity index (χ0v) is 33.7. The second kappa shape index (κ2) is 16.4. The van der Waals surface area contributed by atoms with Crippen molar-refractivity contribution in [1.82, 2.24) is 0 Å². The van der Waals surface area contributed by atoms with E-state index in [-0.39, 0.29) is 40.6 Å². The number of esters is 1. The molecule has 14 heteroatoms. The van der Waals surface area contributed by atoms with Gasteiger partial charge in [-0.15, -0.1) is 0 Å². The second-order valence-corrected chi connectivity index (χ2v) is 18.3. The predicted molar refractivity (Wildman–Crippen MR) is 200 cm³/mol. The molecule has 0 aromatic heterocycles. The molecule has 14 nitrogen and oxygen atoms in total. The summed E-state index contributed by atoms with van der Waals surface area (Å²) in [5, 5.41) is 73.8. The van der Waals surface area contributed by atoms with E-state index in [2.05, 4.69) is 27.7 Å². The smallest absolute Gasteiger partial charge is 0.331 e. The van der Waals surface area contributed by atoms with E-state index in [4.69, 9.17) is 23.7 Å². The summed E-state index contributed by atoms with van der Waals surface area (Å²) in [4.78, 5) is 25.3. The van der Waals surface area contributed by atoms with Crippen molar-refractivity contribution in [3.63, 3.8) is 0 Å². The Morgan fingerprint density at radius 2 is 1.64 bits per heavy atom. The molecule has 56 heavy (non-hydrogen) atoms. The molecule has 316 valence electrons. The van der Waals surface area contributed by atoms with Gasteiger partial charge in [-0.05, 0) is 123 Å². The SMILES string of the molecule is CC(=O)O[C@H]1C[C@@]2(C)[C@@H](CC(O)C3[C@@]4(C)CC[C@@H](O[C@@H]5C=C[C@H](OC6O[C@H](CO)[C@@H](O)[C@H](O)[C@H]6O)[C@@H](O)O5)[C@@H](C)C4CC[C@@]32C)/C1=C(\CCC=C(C)C)C(=O)O. The number of hydrogen-bond donors (Lipinski definition) is 7. The molecule has 1 saturated heterocycles. The van der Waals surface area contributed by atoms with E-state index in [1.165, 1.54) is 13.0 Å². The van der Waals surface area contributed by atoms with Gasteiger partial charge in [0.15, 0.2) is 18.9 Å². The molecule has 0 spiro atoms. The fraction of sp³-hybridized carbons (Fsp3) is 0.810. The summed E-state index contributed by atoms with van der Waals surface area (Å²) >= 11 is 0. The van der Waals surface area contributed by atoms with Crippen molar-refractivity contribution in [3.05, 3.63) is 34.9 Å². The number of hydrogen-bond acceptors (Lipinski definition) is 13. The average molecular weight is 793 g/mol. The first-order valence-corrected chi connectivity index (χ1v) is 20.4. The van der Waals surface area contributed by atoms with Crippen LogP contribution in [0.5, 0.6) is 0 Å². The molecule has 0 bridgehead atoms. The average Bonchev–Trinajstić information content (AvgIpc) is 3.39. The van der Waals surface area contributed by atoms with Crippen LogP contribution in [-0.2, 0) is 33.3 Å². The van der Waals surface area contributed by atoms with Gasteiger partial charge in [0.25, 0.3) is 0 Å². The van der Waals surface area contributed by atoms with Crippen LogP contribution in [0.25, 0.3) is 0 Å². The Labute approximate surface area is 329 Å². The molecule has 0 aromatic carbocycles. The molecule has 2 aliphatic heterocycles. The molecular weight excluding hydrogens is 728 g/mol. The van der Waals surface area contributed by atoms with Crippen molar-refractivity contribution >= 4 is 11.9 Å². The number of aliphatic carboxylic acids is 1. The number of aliphatic hydroxyl groups excluding tert-OH is 6. The number of ether oxygens (including phenoxy) is 5. The van der Waals surface area contributed by atoms with Gasteiger partial charge in [-0.25, -0.2) is 4.79 Å². The maximum Gasteiger partial charge on any atom is 0.331 e. The van der Waals surface area contributed by atoms with E-state index >= 15 is 0 Å². The third kappa shape index (κ3) is 7.57. The highest BCUT2D eigenvalue weighted by atomic mass is 16.8. The molecule has 6 aliphatic rings. The Hall–Kier alpha value is -2.24. The van der Waals surface area contributed by atoms with Crippen LogP contribution in [0.2, 0.25) is 0 Å².